The van der Waals surface area contributed by atoms with Gasteiger partial charge in [-0.15, -0.1) is 0 Å². The number of rotatable bonds is 39. The molecule has 0 spiro atoms. The van der Waals surface area contributed by atoms with E-state index < -0.39 is 24.6 Å². The van der Waals surface area contributed by atoms with Gasteiger partial charge in [0.2, 0.25) is 0 Å². The summed E-state index contributed by atoms with van der Waals surface area (Å²) in [6.45, 7) is 3.98. The van der Waals surface area contributed by atoms with Gasteiger partial charge < -0.3 is 14.6 Å². The summed E-state index contributed by atoms with van der Waals surface area (Å²) in [6.07, 6.45) is 61.4. The number of ether oxygens (including phenoxy) is 2. The van der Waals surface area contributed by atoms with Gasteiger partial charge in [-0.3, -0.25) is 9.59 Å². The second-order valence-electron chi connectivity index (χ2n) is 14.5. The summed E-state index contributed by atoms with van der Waals surface area (Å²) in [5, 5.41) is 9.55. The summed E-state index contributed by atoms with van der Waals surface area (Å²) >= 11 is 0. The third-order valence-electron chi connectivity index (χ3n) is 9.23. The largest absolute Gasteiger partial charge is 0.461 e. The summed E-state index contributed by atoms with van der Waals surface area (Å²) < 4.78 is 10.4. The van der Waals surface area contributed by atoms with E-state index in [1.807, 2.05) is 12.2 Å². The summed E-state index contributed by atoms with van der Waals surface area (Å²) in [5.41, 5.74) is 0. The molecule has 0 bridgehead atoms. The van der Waals surface area contributed by atoms with Gasteiger partial charge >= 0.3 is 11.9 Å². The molecule has 0 aliphatic heterocycles. The lowest BCUT2D eigenvalue weighted by Crippen LogP contribution is -2.28. The fraction of sp³-hybridized carbons (Fsp3) is 0.673. The van der Waals surface area contributed by atoms with E-state index in [-0.39, 0.29) is 19.4 Å². The molecule has 1 N–H and O–H groups in total. The molecular formula is C49H82O5. The minimum absolute atomic E-state index is 0.111. The first-order chi connectivity index (χ1) is 26.6. The number of hydrogen-bond acceptors (Lipinski definition) is 5. The first kappa shape index (κ1) is 51.1. The first-order valence-electron chi connectivity index (χ1n) is 22.1. The number of aliphatic hydroxyl groups excluding tert-OH is 1. The van der Waals surface area contributed by atoms with Crippen molar-refractivity contribution in [3.05, 3.63) is 85.1 Å². The van der Waals surface area contributed by atoms with Crippen molar-refractivity contribution in [2.24, 2.45) is 0 Å². The molecule has 0 fully saturated rings. The van der Waals surface area contributed by atoms with Crippen LogP contribution < -0.4 is 0 Å². The second-order valence-corrected chi connectivity index (χ2v) is 14.5. The van der Waals surface area contributed by atoms with Crippen LogP contribution in [-0.4, -0.2) is 36.4 Å². The topological polar surface area (TPSA) is 72.8 Å². The van der Waals surface area contributed by atoms with Gasteiger partial charge in [-0.25, -0.2) is 0 Å². The Morgan fingerprint density at radius 3 is 1.11 bits per heavy atom. The number of unbranched alkanes of at least 4 members (excludes halogenated alkanes) is 19. The Morgan fingerprint density at radius 1 is 0.426 bits per heavy atom. The van der Waals surface area contributed by atoms with E-state index in [0.29, 0.717) is 0 Å². The van der Waals surface area contributed by atoms with Crippen molar-refractivity contribution in [2.75, 3.05) is 13.2 Å². The van der Waals surface area contributed by atoms with E-state index in [9.17, 15) is 14.7 Å². The maximum Gasteiger partial charge on any atom is 0.310 e. The molecule has 0 aliphatic rings. The third-order valence-corrected chi connectivity index (χ3v) is 9.23. The minimum atomic E-state index is -0.864. The van der Waals surface area contributed by atoms with Crippen molar-refractivity contribution >= 4 is 11.9 Å². The summed E-state index contributed by atoms with van der Waals surface area (Å²) in [5.74, 6) is -0.874. The number of aliphatic hydroxyl groups is 1. The Labute approximate surface area is 333 Å². The molecule has 0 unspecified atom stereocenters. The van der Waals surface area contributed by atoms with Crippen LogP contribution in [0.15, 0.2) is 85.1 Å². The molecule has 0 radical (unpaired) electrons. The van der Waals surface area contributed by atoms with Gasteiger partial charge in [0, 0.05) is 0 Å². The lowest BCUT2D eigenvalue weighted by Gasteiger charge is -2.14. The molecule has 308 valence electrons. The Hall–Kier alpha value is -2.92. The highest BCUT2D eigenvalue weighted by atomic mass is 16.6. The second kappa shape index (κ2) is 44.5. The molecule has 5 nitrogen and oxygen atoms in total. The fourth-order valence-electron chi connectivity index (χ4n) is 5.88. The van der Waals surface area contributed by atoms with Crippen molar-refractivity contribution in [2.45, 2.75) is 200 Å². The molecule has 0 aromatic heterocycles. The molecule has 0 amide bonds. The molecule has 0 heterocycles. The standard InChI is InChI=1S/C49H82O5/c1-3-5-7-9-11-13-15-17-19-21-23-25-27-29-31-33-35-37-39-41-43-48(51)53-46-47(45-50)54-49(52)44-42-40-38-36-34-32-30-28-26-24-22-20-18-16-14-12-10-8-6-4-2/h21,23,27-30,33-36,39-42,47,50H,3-20,22,24-26,31-32,37-38,43-46H2,1-2H3/t47-/m0/s1. The Balaban J connectivity index is 3.77. The van der Waals surface area contributed by atoms with Crippen molar-refractivity contribution in [1.82, 2.24) is 0 Å². The van der Waals surface area contributed by atoms with Crippen LogP contribution in [0, 0.1) is 0 Å². The smallest absolute Gasteiger partial charge is 0.310 e. The molecule has 0 aromatic carbocycles. The van der Waals surface area contributed by atoms with E-state index in [2.05, 4.69) is 74.6 Å². The van der Waals surface area contributed by atoms with Crippen molar-refractivity contribution in [1.29, 1.82) is 0 Å². The van der Waals surface area contributed by atoms with Crippen LogP contribution >= 0.6 is 0 Å². The normalized spacial score (nSPS) is 13.0. The average Bonchev–Trinajstić information content (AvgIpc) is 3.17. The highest BCUT2D eigenvalue weighted by Gasteiger charge is 2.15. The SMILES string of the molecule is CCCCCCCCCCC=CCC=CCC=CCC=CCC(=O)OC[C@H](CO)OC(=O)CC=CCC=CCC=CCCCCCCCCCCCCC. The summed E-state index contributed by atoms with van der Waals surface area (Å²) in [4.78, 5) is 24.2. The van der Waals surface area contributed by atoms with E-state index >= 15 is 0 Å². The van der Waals surface area contributed by atoms with Crippen LogP contribution in [0.4, 0.5) is 0 Å². The first-order valence-corrected chi connectivity index (χ1v) is 22.1. The Morgan fingerprint density at radius 2 is 0.741 bits per heavy atom. The maximum atomic E-state index is 12.1. The van der Waals surface area contributed by atoms with Gasteiger partial charge in [-0.05, 0) is 57.8 Å². The van der Waals surface area contributed by atoms with Crippen LogP contribution in [0.2, 0.25) is 0 Å². The Bertz CT molecular complexity index is 1030. The molecule has 0 aliphatic carbocycles. The number of carbonyl (C=O) groups excluding carboxylic acids is 2. The maximum absolute atomic E-state index is 12.1. The molecule has 0 rings (SSSR count). The third kappa shape index (κ3) is 41.8. The lowest BCUT2D eigenvalue weighted by molar-refractivity contribution is -0.160. The highest BCUT2D eigenvalue weighted by Crippen LogP contribution is 2.13. The summed E-state index contributed by atoms with van der Waals surface area (Å²) in [6, 6.07) is 0. The van der Waals surface area contributed by atoms with Crippen LogP contribution in [0.25, 0.3) is 0 Å². The van der Waals surface area contributed by atoms with E-state index in [4.69, 9.17) is 9.47 Å². The van der Waals surface area contributed by atoms with Crippen LogP contribution in [0.1, 0.15) is 194 Å². The number of hydrogen-bond donors (Lipinski definition) is 1. The number of esters is 2. The van der Waals surface area contributed by atoms with Crippen molar-refractivity contribution < 1.29 is 24.2 Å². The molecular weight excluding hydrogens is 669 g/mol. The molecule has 1 atom stereocenters. The zero-order chi connectivity index (χ0) is 39.3. The van der Waals surface area contributed by atoms with Crippen molar-refractivity contribution in [3.63, 3.8) is 0 Å². The number of allylic oxidation sites excluding steroid dienone is 12. The van der Waals surface area contributed by atoms with Crippen LogP contribution in [-0.2, 0) is 19.1 Å². The predicted molar refractivity (Wildman–Crippen MR) is 233 cm³/mol. The van der Waals surface area contributed by atoms with Gasteiger partial charge in [0.25, 0.3) is 0 Å². The van der Waals surface area contributed by atoms with E-state index in [1.54, 1.807) is 12.2 Å². The molecule has 54 heavy (non-hydrogen) atoms. The fourth-order valence-corrected chi connectivity index (χ4v) is 5.88. The van der Waals surface area contributed by atoms with Gasteiger partial charge in [0.1, 0.15) is 6.61 Å². The predicted octanol–water partition coefficient (Wildman–Crippen LogP) is 14.3. The minimum Gasteiger partial charge on any atom is -0.461 e. The quantitative estimate of drug-likeness (QED) is 0.0385. The monoisotopic (exact) mass is 751 g/mol. The van der Waals surface area contributed by atoms with Crippen molar-refractivity contribution in [3.8, 4) is 0 Å². The van der Waals surface area contributed by atoms with E-state index in [0.717, 1.165) is 38.5 Å². The van der Waals surface area contributed by atoms with E-state index in [1.165, 1.54) is 128 Å². The lowest BCUT2D eigenvalue weighted by atomic mass is 10.1. The van der Waals surface area contributed by atoms with Crippen LogP contribution in [0.5, 0.6) is 0 Å². The van der Waals surface area contributed by atoms with Gasteiger partial charge in [-0.2, -0.15) is 0 Å². The highest BCUT2D eigenvalue weighted by molar-refractivity contribution is 5.72. The summed E-state index contributed by atoms with van der Waals surface area (Å²) in [7, 11) is 0. The Kier molecular flexibility index (Phi) is 42.1. The number of carbonyl (C=O) groups is 2. The average molecular weight is 751 g/mol. The van der Waals surface area contributed by atoms with Crippen LogP contribution in [0.3, 0.4) is 0 Å². The van der Waals surface area contributed by atoms with Gasteiger partial charge in [0.05, 0.1) is 19.4 Å². The van der Waals surface area contributed by atoms with Gasteiger partial charge in [-0.1, -0.05) is 208 Å². The zero-order valence-electron chi connectivity index (χ0n) is 35.0. The zero-order valence-corrected chi connectivity index (χ0v) is 35.0. The molecule has 0 aromatic rings. The molecule has 0 saturated heterocycles. The molecule has 5 heteroatoms. The van der Waals surface area contributed by atoms with Gasteiger partial charge in [0.15, 0.2) is 6.10 Å². The molecule has 0 saturated carbocycles.